The molecule has 0 bridgehead atoms. The van der Waals surface area contributed by atoms with E-state index in [2.05, 4.69) is 10.6 Å². The molecule has 0 aromatic carbocycles. The fraction of sp³-hybridized carbons (Fsp3) is 0.900. The number of hydrogen-bond acceptors (Lipinski definition) is 3. The van der Waals surface area contributed by atoms with Gasteiger partial charge in [0.05, 0.1) is 0 Å². The van der Waals surface area contributed by atoms with E-state index in [0.29, 0.717) is 0 Å². The highest BCUT2D eigenvalue weighted by atomic mass is 16.2. The van der Waals surface area contributed by atoms with E-state index >= 15 is 0 Å². The van der Waals surface area contributed by atoms with Gasteiger partial charge in [-0.2, -0.15) is 0 Å². The van der Waals surface area contributed by atoms with Crippen LogP contribution in [0.5, 0.6) is 0 Å². The van der Waals surface area contributed by atoms with Crippen molar-refractivity contribution >= 4 is 5.91 Å². The van der Waals surface area contributed by atoms with Crippen LogP contribution in [0.2, 0.25) is 0 Å². The first-order valence-electron chi connectivity index (χ1n) is 5.03. The fourth-order valence-electron chi connectivity index (χ4n) is 0.780. The molecular weight excluding hydrogens is 180 g/mol. The summed E-state index contributed by atoms with van der Waals surface area (Å²) in [6.07, 6.45) is 0.982. The Kier molecular flexibility index (Phi) is 24.8. The van der Waals surface area contributed by atoms with Crippen LogP contribution in [0.15, 0.2) is 0 Å². The Bertz CT molecular complexity index is 108. The summed E-state index contributed by atoms with van der Waals surface area (Å²) in [5, 5.41) is 12.8. The summed E-state index contributed by atoms with van der Waals surface area (Å²) >= 11 is 0. The number of aliphatic hydroxyl groups is 1. The van der Waals surface area contributed by atoms with Gasteiger partial charge >= 0.3 is 0 Å². The maximum atomic E-state index is 10.5. The van der Waals surface area contributed by atoms with Crippen LogP contribution < -0.4 is 10.6 Å². The zero-order valence-corrected chi connectivity index (χ0v) is 10.3. The molecule has 0 saturated heterocycles. The molecule has 0 aliphatic rings. The molecule has 1 amide bonds. The summed E-state index contributed by atoms with van der Waals surface area (Å²) in [7, 11) is 2.90. The molecule has 1 atom stereocenters. The molecule has 0 aliphatic carbocycles. The van der Waals surface area contributed by atoms with Crippen LogP contribution in [0.1, 0.15) is 34.1 Å². The topological polar surface area (TPSA) is 61.4 Å². The van der Waals surface area contributed by atoms with Crippen LogP contribution in [-0.4, -0.2) is 37.8 Å². The summed E-state index contributed by atoms with van der Waals surface area (Å²) in [4.78, 5) is 10.5. The van der Waals surface area contributed by atoms with Gasteiger partial charge in [-0.05, 0) is 26.9 Å². The molecule has 0 aromatic heterocycles. The minimum absolute atomic E-state index is 0.0450. The molecular formula is C10H26N2O2. The van der Waals surface area contributed by atoms with E-state index in [-0.39, 0.29) is 11.9 Å². The van der Waals surface area contributed by atoms with E-state index in [0.717, 1.165) is 20.1 Å². The Hall–Kier alpha value is -0.610. The van der Waals surface area contributed by atoms with Gasteiger partial charge in [0.2, 0.25) is 5.91 Å². The summed E-state index contributed by atoms with van der Waals surface area (Å²) < 4.78 is 0. The summed E-state index contributed by atoms with van der Waals surface area (Å²) in [6, 6.07) is 0.282. The molecule has 0 aliphatic heterocycles. The molecule has 0 heterocycles. The van der Waals surface area contributed by atoms with E-state index < -0.39 is 0 Å². The quantitative estimate of drug-likeness (QED) is 0.636. The second-order valence-electron chi connectivity index (χ2n) is 2.49. The maximum absolute atomic E-state index is 10.5. The van der Waals surface area contributed by atoms with Gasteiger partial charge in [0.1, 0.15) is 0 Å². The lowest BCUT2D eigenvalue weighted by atomic mass is 10.2. The SMILES string of the molecule is CC.CNCCC(C)NC(C)=O.CO. The van der Waals surface area contributed by atoms with Gasteiger partial charge in [-0.1, -0.05) is 13.8 Å². The second kappa shape index (κ2) is 18.2. The average molecular weight is 206 g/mol. The smallest absolute Gasteiger partial charge is 0.217 e. The second-order valence-corrected chi connectivity index (χ2v) is 2.49. The first-order chi connectivity index (χ1) is 6.66. The van der Waals surface area contributed by atoms with Gasteiger partial charge in [-0.15, -0.1) is 0 Å². The van der Waals surface area contributed by atoms with Crippen molar-refractivity contribution < 1.29 is 9.90 Å². The summed E-state index contributed by atoms with van der Waals surface area (Å²) in [5.41, 5.74) is 0. The standard InChI is InChI=1S/C7H16N2O.C2H6.CH4O/c1-6(4-5-8-3)9-7(2)10;2*1-2/h6,8H,4-5H2,1-3H3,(H,9,10);1-2H3;2H,1H3. The molecule has 14 heavy (non-hydrogen) atoms. The molecule has 1 unspecified atom stereocenters. The zero-order chi connectivity index (χ0) is 12.0. The molecule has 3 N–H and O–H groups in total. The molecule has 0 aromatic rings. The Morgan fingerprint density at radius 3 is 2.07 bits per heavy atom. The van der Waals surface area contributed by atoms with Gasteiger partial charge in [0.25, 0.3) is 0 Å². The van der Waals surface area contributed by atoms with Crippen molar-refractivity contribution in [2.24, 2.45) is 0 Å². The number of nitrogens with one attached hydrogen (secondary N) is 2. The van der Waals surface area contributed by atoms with Crippen LogP contribution in [0, 0.1) is 0 Å². The average Bonchev–Trinajstić information content (AvgIpc) is 2.20. The van der Waals surface area contributed by atoms with Crippen molar-refractivity contribution in [2.75, 3.05) is 20.7 Å². The molecule has 4 nitrogen and oxygen atoms in total. The van der Waals surface area contributed by atoms with E-state index in [1.807, 2.05) is 27.8 Å². The van der Waals surface area contributed by atoms with Crippen molar-refractivity contribution in [3.05, 3.63) is 0 Å². The number of carbonyl (C=O) groups excluding carboxylic acids is 1. The Morgan fingerprint density at radius 2 is 1.79 bits per heavy atom. The lowest BCUT2D eigenvalue weighted by Gasteiger charge is -2.10. The van der Waals surface area contributed by atoms with Crippen LogP contribution in [0.4, 0.5) is 0 Å². The van der Waals surface area contributed by atoms with Gasteiger partial charge in [0.15, 0.2) is 0 Å². The highest BCUT2D eigenvalue weighted by Crippen LogP contribution is 1.86. The zero-order valence-electron chi connectivity index (χ0n) is 10.3. The molecule has 0 radical (unpaired) electrons. The first kappa shape index (κ1) is 19.0. The third-order valence-electron chi connectivity index (χ3n) is 1.28. The molecule has 4 heteroatoms. The van der Waals surface area contributed by atoms with Crippen molar-refractivity contribution in [1.29, 1.82) is 0 Å². The number of amides is 1. The molecule has 0 spiro atoms. The lowest BCUT2D eigenvalue weighted by molar-refractivity contribution is -0.119. The third kappa shape index (κ3) is 22.5. The first-order valence-corrected chi connectivity index (χ1v) is 5.03. The van der Waals surface area contributed by atoms with Crippen LogP contribution >= 0.6 is 0 Å². The minimum atomic E-state index is 0.0450. The lowest BCUT2D eigenvalue weighted by Crippen LogP contribution is -2.32. The summed E-state index contributed by atoms with van der Waals surface area (Å²) in [6.45, 7) is 8.48. The van der Waals surface area contributed by atoms with Gasteiger partial charge in [-0.25, -0.2) is 0 Å². The number of rotatable bonds is 4. The van der Waals surface area contributed by atoms with E-state index in [1.165, 1.54) is 6.92 Å². The Morgan fingerprint density at radius 1 is 1.36 bits per heavy atom. The van der Waals surface area contributed by atoms with Crippen LogP contribution in [0.25, 0.3) is 0 Å². The largest absolute Gasteiger partial charge is 0.400 e. The molecule has 0 fully saturated rings. The van der Waals surface area contributed by atoms with Crippen molar-refractivity contribution in [3.8, 4) is 0 Å². The molecule has 0 saturated carbocycles. The normalized spacial score (nSPS) is 9.93. The van der Waals surface area contributed by atoms with E-state index in [1.54, 1.807) is 0 Å². The predicted octanol–water partition coefficient (Wildman–Crippen LogP) is 0.755. The number of aliphatic hydroxyl groups excluding tert-OH is 1. The van der Waals surface area contributed by atoms with Gasteiger partial charge in [-0.3, -0.25) is 4.79 Å². The van der Waals surface area contributed by atoms with Crippen molar-refractivity contribution in [3.63, 3.8) is 0 Å². The van der Waals surface area contributed by atoms with E-state index in [9.17, 15) is 4.79 Å². The highest BCUT2D eigenvalue weighted by Gasteiger charge is 2.00. The van der Waals surface area contributed by atoms with Gasteiger partial charge in [0, 0.05) is 20.1 Å². The van der Waals surface area contributed by atoms with Gasteiger partial charge < -0.3 is 15.7 Å². The number of hydrogen-bond donors (Lipinski definition) is 3. The highest BCUT2D eigenvalue weighted by molar-refractivity contribution is 5.73. The third-order valence-corrected chi connectivity index (χ3v) is 1.28. The minimum Gasteiger partial charge on any atom is -0.400 e. The summed E-state index contributed by atoms with van der Waals surface area (Å²) in [5.74, 6) is 0.0450. The Balaban J connectivity index is -0.000000266. The maximum Gasteiger partial charge on any atom is 0.217 e. The Labute approximate surface area is 88.1 Å². The molecule has 88 valence electrons. The molecule has 0 rings (SSSR count). The fourth-order valence-corrected chi connectivity index (χ4v) is 0.780. The van der Waals surface area contributed by atoms with Crippen molar-refractivity contribution in [1.82, 2.24) is 10.6 Å². The van der Waals surface area contributed by atoms with Crippen LogP contribution in [-0.2, 0) is 4.79 Å². The number of carbonyl (C=O) groups is 1. The van der Waals surface area contributed by atoms with E-state index in [4.69, 9.17) is 5.11 Å². The van der Waals surface area contributed by atoms with Crippen LogP contribution in [0.3, 0.4) is 0 Å². The monoisotopic (exact) mass is 206 g/mol. The van der Waals surface area contributed by atoms with Crippen molar-refractivity contribution in [2.45, 2.75) is 40.2 Å². The predicted molar refractivity (Wildman–Crippen MR) is 61.3 cm³/mol.